The molecule has 0 bridgehead atoms. The molecule has 1 unspecified atom stereocenters. The number of hydrogen-bond donors (Lipinski definition) is 1. The molecule has 1 aliphatic heterocycles. The summed E-state index contributed by atoms with van der Waals surface area (Å²) in [6.45, 7) is 2.57. The summed E-state index contributed by atoms with van der Waals surface area (Å²) in [6, 6.07) is 18.9. The average Bonchev–Trinajstić information content (AvgIpc) is 3.13. The molecule has 3 aromatic rings. The summed E-state index contributed by atoms with van der Waals surface area (Å²) in [5.74, 6) is -0.632. The summed E-state index contributed by atoms with van der Waals surface area (Å²) >= 11 is 6.28. The summed E-state index contributed by atoms with van der Waals surface area (Å²) in [4.78, 5) is 30.1. The van der Waals surface area contributed by atoms with Crippen LogP contribution < -0.4 is 14.4 Å². The Morgan fingerprint density at radius 1 is 1.05 bits per heavy atom. The summed E-state index contributed by atoms with van der Waals surface area (Å²) in [5, 5.41) is 11.6. The van der Waals surface area contributed by atoms with E-state index < -0.39 is 17.7 Å². The summed E-state index contributed by atoms with van der Waals surface area (Å²) in [7, 11) is 5.35. The number of nitrogens with zero attached hydrogens (tertiary/aromatic N) is 2. The van der Waals surface area contributed by atoms with Gasteiger partial charge in [0, 0.05) is 31.9 Å². The molecule has 1 saturated heterocycles. The Balaban J connectivity index is 1.83. The van der Waals surface area contributed by atoms with Crippen LogP contribution in [-0.2, 0) is 16.1 Å². The van der Waals surface area contributed by atoms with Gasteiger partial charge in [-0.3, -0.25) is 9.59 Å². The number of ether oxygens (including phenoxy) is 2. The van der Waals surface area contributed by atoms with Crippen LogP contribution in [0.5, 0.6) is 11.5 Å². The van der Waals surface area contributed by atoms with Crippen molar-refractivity contribution in [3.63, 3.8) is 0 Å². The molecule has 1 atom stereocenters. The third-order valence-electron chi connectivity index (χ3n) is 6.25. The molecule has 37 heavy (non-hydrogen) atoms. The van der Waals surface area contributed by atoms with Crippen molar-refractivity contribution in [1.29, 1.82) is 0 Å². The molecular weight excluding hydrogens is 492 g/mol. The molecule has 8 heteroatoms. The maximum Gasteiger partial charge on any atom is 0.295 e. The van der Waals surface area contributed by atoms with E-state index in [0.717, 1.165) is 11.3 Å². The van der Waals surface area contributed by atoms with Gasteiger partial charge in [-0.25, -0.2) is 0 Å². The molecule has 0 aromatic heterocycles. The minimum absolute atomic E-state index is 0.00444. The number of ketones is 1. The molecule has 192 valence electrons. The van der Waals surface area contributed by atoms with Gasteiger partial charge in [-0.1, -0.05) is 35.9 Å². The molecule has 1 aliphatic rings. The number of halogens is 1. The van der Waals surface area contributed by atoms with Crippen LogP contribution in [0.4, 0.5) is 5.69 Å². The van der Waals surface area contributed by atoms with E-state index in [1.807, 2.05) is 74.4 Å². The van der Waals surface area contributed by atoms with Gasteiger partial charge in [0.25, 0.3) is 11.7 Å². The number of amides is 1. The lowest BCUT2D eigenvalue weighted by Gasteiger charge is -2.26. The number of aliphatic hydroxyl groups excluding tert-OH is 1. The number of benzene rings is 3. The van der Waals surface area contributed by atoms with Crippen molar-refractivity contribution in [3.8, 4) is 11.5 Å². The molecule has 1 N–H and O–H groups in total. The normalized spacial score (nSPS) is 16.7. The maximum absolute atomic E-state index is 13.4. The van der Waals surface area contributed by atoms with Crippen LogP contribution in [0.3, 0.4) is 0 Å². The number of carbonyl (C=O) groups excluding carboxylic acids is 2. The predicted octanol–water partition coefficient (Wildman–Crippen LogP) is 5.44. The second-order valence-electron chi connectivity index (χ2n) is 8.84. The van der Waals surface area contributed by atoms with Crippen molar-refractivity contribution in [3.05, 3.63) is 94.0 Å². The van der Waals surface area contributed by atoms with Crippen LogP contribution in [0.25, 0.3) is 5.76 Å². The fraction of sp³-hybridized carbons (Fsp3) is 0.241. The standard InChI is InChI=1S/C29H29ClN2O5/c1-5-37-22-8-6-7-18(15-22)17-32-26(19-9-12-21(13-10-19)31(2)3)25(28(34)29(32)35)27(33)20-11-14-24(36-4)23(30)16-20/h6-16,26,33H,5,17H2,1-4H3/b27-25-. The lowest BCUT2D eigenvalue weighted by molar-refractivity contribution is -0.140. The van der Waals surface area contributed by atoms with E-state index in [0.29, 0.717) is 29.2 Å². The molecule has 0 spiro atoms. The Bertz CT molecular complexity index is 1350. The van der Waals surface area contributed by atoms with E-state index in [1.54, 1.807) is 12.1 Å². The topological polar surface area (TPSA) is 79.3 Å². The number of aliphatic hydroxyl groups is 1. The smallest absolute Gasteiger partial charge is 0.295 e. The number of likely N-dealkylation sites (tertiary alicyclic amines) is 1. The SMILES string of the molecule is CCOc1cccc(CN2C(=O)C(=O)/C(=C(\O)c3ccc(OC)c(Cl)c3)C2c2ccc(N(C)C)cc2)c1. The molecule has 1 fully saturated rings. The number of anilines is 1. The van der Waals surface area contributed by atoms with Gasteiger partial charge in [-0.15, -0.1) is 0 Å². The molecule has 0 saturated carbocycles. The van der Waals surface area contributed by atoms with Gasteiger partial charge in [-0.05, 0) is 60.5 Å². The maximum atomic E-state index is 13.4. The van der Waals surface area contributed by atoms with Gasteiger partial charge in [0.2, 0.25) is 0 Å². The first-order valence-electron chi connectivity index (χ1n) is 11.9. The van der Waals surface area contributed by atoms with Crippen LogP contribution >= 0.6 is 11.6 Å². The van der Waals surface area contributed by atoms with Gasteiger partial charge in [-0.2, -0.15) is 0 Å². The summed E-state index contributed by atoms with van der Waals surface area (Å²) in [5.41, 5.74) is 2.79. The van der Waals surface area contributed by atoms with Crippen molar-refractivity contribution in [2.75, 3.05) is 32.7 Å². The first kappa shape index (κ1) is 26.1. The Morgan fingerprint density at radius 3 is 2.41 bits per heavy atom. The van der Waals surface area contributed by atoms with Crippen molar-refractivity contribution < 1.29 is 24.2 Å². The van der Waals surface area contributed by atoms with Gasteiger partial charge < -0.3 is 24.4 Å². The quantitative estimate of drug-likeness (QED) is 0.242. The average molecular weight is 521 g/mol. The minimum atomic E-state index is -0.798. The van der Waals surface area contributed by atoms with Crippen LogP contribution in [0.2, 0.25) is 5.02 Å². The molecule has 3 aromatic carbocycles. The number of hydrogen-bond acceptors (Lipinski definition) is 6. The highest BCUT2D eigenvalue weighted by atomic mass is 35.5. The van der Waals surface area contributed by atoms with Crippen molar-refractivity contribution in [1.82, 2.24) is 4.90 Å². The molecule has 0 radical (unpaired) electrons. The lowest BCUT2D eigenvalue weighted by atomic mass is 9.95. The molecule has 1 heterocycles. The first-order valence-corrected chi connectivity index (χ1v) is 12.2. The zero-order valence-electron chi connectivity index (χ0n) is 21.2. The molecule has 7 nitrogen and oxygen atoms in total. The summed E-state index contributed by atoms with van der Waals surface area (Å²) < 4.78 is 10.8. The van der Waals surface area contributed by atoms with E-state index in [4.69, 9.17) is 21.1 Å². The lowest BCUT2D eigenvalue weighted by Crippen LogP contribution is -2.29. The van der Waals surface area contributed by atoms with E-state index >= 15 is 0 Å². The van der Waals surface area contributed by atoms with Crippen LogP contribution in [-0.4, -0.2) is 49.5 Å². The highest BCUT2D eigenvalue weighted by Gasteiger charge is 2.46. The van der Waals surface area contributed by atoms with E-state index in [-0.39, 0.29) is 22.9 Å². The number of Topliss-reactive ketones (excluding diaryl/α,β-unsaturated/α-hetero) is 1. The zero-order valence-corrected chi connectivity index (χ0v) is 22.0. The number of methoxy groups -OCH3 is 1. The number of rotatable bonds is 8. The van der Waals surface area contributed by atoms with E-state index in [1.165, 1.54) is 18.1 Å². The van der Waals surface area contributed by atoms with Crippen LogP contribution in [0, 0.1) is 0 Å². The Hall–Kier alpha value is -3.97. The predicted molar refractivity (Wildman–Crippen MR) is 144 cm³/mol. The highest BCUT2D eigenvalue weighted by Crippen LogP contribution is 2.41. The minimum Gasteiger partial charge on any atom is -0.507 e. The van der Waals surface area contributed by atoms with E-state index in [9.17, 15) is 14.7 Å². The first-order chi connectivity index (χ1) is 17.7. The van der Waals surface area contributed by atoms with Crippen molar-refractivity contribution >= 4 is 34.7 Å². The second kappa shape index (κ2) is 11.0. The van der Waals surface area contributed by atoms with Gasteiger partial charge >= 0.3 is 0 Å². The fourth-order valence-corrected chi connectivity index (χ4v) is 4.67. The third-order valence-corrected chi connectivity index (χ3v) is 6.55. The number of carbonyl (C=O) groups is 2. The zero-order chi connectivity index (χ0) is 26.7. The Morgan fingerprint density at radius 2 is 1.78 bits per heavy atom. The van der Waals surface area contributed by atoms with Crippen molar-refractivity contribution in [2.45, 2.75) is 19.5 Å². The highest BCUT2D eigenvalue weighted by molar-refractivity contribution is 6.46. The fourth-order valence-electron chi connectivity index (χ4n) is 4.41. The third kappa shape index (κ3) is 5.27. The van der Waals surface area contributed by atoms with Gasteiger partial charge in [0.05, 0.1) is 30.4 Å². The monoisotopic (exact) mass is 520 g/mol. The molecule has 0 aliphatic carbocycles. The van der Waals surface area contributed by atoms with E-state index in [2.05, 4.69) is 0 Å². The van der Waals surface area contributed by atoms with Gasteiger partial charge in [0.15, 0.2) is 0 Å². The molecule has 1 amide bonds. The Labute approximate surface area is 221 Å². The van der Waals surface area contributed by atoms with Gasteiger partial charge in [0.1, 0.15) is 17.3 Å². The molecular formula is C29H29ClN2O5. The Kier molecular flexibility index (Phi) is 7.74. The largest absolute Gasteiger partial charge is 0.507 e. The van der Waals surface area contributed by atoms with Crippen molar-refractivity contribution in [2.24, 2.45) is 0 Å². The van der Waals surface area contributed by atoms with Crippen LogP contribution in [0.15, 0.2) is 72.3 Å². The molecule has 4 rings (SSSR count). The van der Waals surface area contributed by atoms with Crippen LogP contribution in [0.1, 0.15) is 29.7 Å². The summed E-state index contributed by atoms with van der Waals surface area (Å²) in [6.07, 6.45) is 0. The second-order valence-corrected chi connectivity index (χ2v) is 9.25.